The van der Waals surface area contributed by atoms with Crippen molar-refractivity contribution < 1.29 is 0 Å². The van der Waals surface area contributed by atoms with E-state index in [1.54, 1.807) is 0 Å². The van der Waals surface area contributed by atoms with E-state index in [1.807, 2.05) is 23.5 Å². The predicted molar refractivity (Wildman–Crippen MR) is 86.8 cm³/mol. The van der Waals surface area contributed by atoms with Crippen LogP contribution in [0, 0.1) is 0 Å². The molecule has 19 heavy (non-hydrogen) atoms. The highest BCUT2D eigenvalue weighted by Gasteiger charge is 2.29. The molecule has 2 aromatic carbocycles. The van der Waals surface area contributed by atoms with Crippen LogP contribution >= 0.6 is 23.5 Å². The fraction of sp³-hybridized carbons (Fsp3) is 0.250. The van der Waals surface area contributed by atoms with Crippen LogP contribution in [0.25, 0.3) is 0 Å². The second-order valence-electron chi connectivity index (χ2n) is 4.46. The van der Waals surface area contributed by atoms with Crippen LogP contribution in [-0.4, -0.2) is 10.5 Å². The maximum Gasteiger partial charge on any atom is 0.127 e. The van der Waals surface area contributed by atoms with Gasteiger partial charge in [0, 0.05) is 11.4 Å². The van der Waals surface area contributed by atoms with Crippen molar-refractivity contribution >= 4 is 29.2 Å². The molecule has 1 nitrogen and oxygen atoms in total. The molecule has 98 valence electrons. The number of hydrogen-bond acceptors (Lipinski definition) is 3. The highest BCUT2D eigenvalue weighted by atomic mass is 32.2. The normalized spacial score (nSPS) is 17.5. The van der Waals surface area contributed by atoms with Gasteiger partial charge in [-0.15, -0.1) is 11.8 Å². The van der Waals surface area contributed by atoms with Gasteiger partial charge in [-0.3, -0.25) is 0 Å². The number of fused-ring (bicyclic) bond motifs is 1. The van der Waals surface area contributed by atoms with Crippen LogP contribution in [0.15, 0.2) is 59.5 Å². The lowest BCUT2D eigenvalue weighted by Gasteiger charge is -2.26. The van der Waals surface area contributed by atoms with Crippen LogP contribution in [0.2, 0.25) is 0 Å². The molecule has 0 bridgehead atoms. The monoisotopic (exact) mass is 287 g/mol. The third-order valence-electron chi connectivity index (χ3n) is 3.16. The third-order valence-corrected chi connectivity index (χ3v) is 5.79. The van der Waals surface area contributed by atoms with Gasteiger partial charge in [-0.25, -0.2) is 0 Å². The Morgan fingerprint density at radius 3 is 2.58 bits per heavy atom. The van der Waals surface area contributed by atoms with Crippen molar-refractivity contribution in [2.75, 3.05) is 10.7 Å². The Morgan fingerprint density at radius 2 is 1.79 bits per heavy atom. The lowest BCUT2D eigenvalue weighted by atomic mass is 10.2. The first-order valence-electron chi connectivity index (χ1n) is 6.56. The van der Waals surface area contributed by atoms with Crippen LogP contribution in [0.5, 0.6) is 0 Å². The van der Waals surface area contributed by atoms with Gasteiger partial charge in [-0.2, -0.15) is 0 Å². The molecule has 3 heteroatoms. The molecule has 1 aliphatic heterocycles. The molecule has 0 aliphatic carbocycles. The minimum atomic E-state index is 0.502. The topological polar surface area (TPSA) is 3.24 Å². The van der Waals surface area contributed by atoms with E-state index in [9.17, 15) is 0 Å². The molecular formula is C16H17NS2. The van der Waals surface area contributed by atoms with Crippen LogP contribution in [0.4, 0.5) is 5.69 Å². The van der Waals surface area contributed by atoms with Crippen LogP contribution < -0.4 is 4.90 Å². The summed E-state index contributed by atoms with van der Waals surface area (Å²) in [5, 5.41) is 0. The number of thioether (sulfide) groups is 2. The second-order valence-corrected chi connectivity index (χ2v) is 7.24. The van der Waals surface area contributed by atoms with Crippen molar-refractivity contribution in [3.8, 4) is 0 Å². The van der Waals surface area contributed by atoms with Gasteiger partial charge in [-0.05, 0) is 23.4 Å². The molecule has 3 rings (SSSR count). The smallest absolute Gasteiger partial charge is 0.127 e. The van der Waals surface area contributed by atoms with Crippen molar-refractivity contribution in [2.45, 2.75) is 23.1 Å². The fourth-order valence-electron chi connectivity index (χ4n) is 2.29. The van der Waals surface area contributed by atoms with Gasteiger partial charge in [0.1, 0.15) is 4.71 Å². The van der Waals surface area contributed by atoms with Crippen molar-refractivity contribution in [2.24, 2.45) is 0 Å². The van der Waals surface area contributed by atoms with Crippen molar-refractivity contribution in [3.05, 3.63) is 60.2 Å². The zero-order valence-electron chi connectivity index (χ0n) is 11.0. The van der Waals surface area contributed by atoms with Gasteiger partial charge in [0.2, 0.25) is 0 Å². The van der Waals surface area contributed by atoms with Crippen LogP contribution in [0.3, 0.4) is 0 Å². The van der Waals surface area contributed by atoms with Crippen molar-refractivity contribution in [1.82, 2.24) is 0 Å². The maximum atomic E-state index is 2.52. The Labute approximate surface area is 123 Å². The number of rotatable bonds is 4. The van der Waals surface area contributed by atoms with E-state index in [1.165, 1.54) is 16.1 Å². The Hall–Kier alpha value is -1.06. The van der Waals surface area contributed by atoms with Crippen LogP contribution in [-0.2, 0) is 6.54 Å². The number of anilines is 1. The number of benzene rings is 2. The molecule has 0 amide bonds. The van der Waals surface area contributed by atoms with Crippen molar-refractivity contribution in [3.63, 3.8) is 0 Å². The Morgan fingerprint density at radius 1 is 1.05 bits per heavy atom. The summed E-state index contributed by atoms with van der Waals surface area (Å²) in [6, 6.07) is 19.5. The first kappa shape index (κ1) is 12.9. The van der Waals surface area contributed by atoms with Gasteiger partial charge in [0.25, 0.3) is 0 Å². The molecule has 1 atom stereocenters. The minimum Gasteiger partial charge on any atom is -0.345 e. The maximum absolute atomic E-state index is 2.52. The zero-order chi connectivity index (χ0) is 13.1. The number of nitrogens with zero attached hydrogens (tertiary/aromatic N) is 1. The summed E-state index contributed by atoms with van der Waals surface area (Å²) in [5.74, 6) is 1.15. The molecule has 0 saturated heterocycles. The molecule has 0 saturated carbocycles. The van der Waals surface area contributed by atoms with Crippen molar-refractivity contribution in [1.29, 1.82) is 0 Å². The second kappa shape index (κ2) is 5.93. The van der Waals surface area contributed by atoms with E-state index in [0.29, 0.717) is 4.71 Å². The van der Waals surface area contributed by atoms with Crippen LogP contribution in [0.1, 0.15) is 12.5 Å². The van der Waals surface area contributed by atoms with Gasteiger partial charge in [-0.1, -0.05) is 61.2 Å². The highest BCUT2D eigenvalue weighted by Crippen LogP contribution is 2.47. The number of para-hydroxylation sites is 1. The highest BCUT2D eigenvalue weighted by molar-refractivity contribution is 8.17. The first-order chi connectivity index (χ1) is 9.38. The van der Waals surface area contributed by atoms with E-state index in [0.717, 1.165) is 12.3 Å². The summed E-state index contributed by atoms with van der Waals surface area (Å²) in [6.45, 7) is 3.22. The summed E-state index contributed by atoms with van der Waals surface area (Å²) in [5.41, 5.74) is 2.75. The average Bonchev–Trinajstić information content (AvgIpc) is 2.79. The molecule has 1 heterocycles. The first-order valence-corrected chi connectivity index (χ1v) is 8.49. The molecule has 1 aliphatic rings. The molecule has 0 spiro atoms. The quantitative estimate of drug-likeness (QED) is 0.792. The third kappa shape index (κ3) is 2.77. The summed E-state index contributed by atoms with van der Waals surface area (Å²) >= 11 is 3.99. The standard InChI is InChI=1S/C16H17NS2/c1-2-18-16-17(12-13-8-4-3-5-9-13)14-10-6-7-11-15(14)19-16/h3-11,16H,2,12H2,1H3. The van der Waals surface area contributed by atoms with E-state index in [4.69, 9.17) is 0 Å². The van der Waals surface area contributed by atoms with Gasteiger partial charge in [0.05, 0.1) is 5.69 Å². The SMILES string of the molecule is CCSC1Sc2ccccc2N1Cc1ccccc1. The largest absolute Gasteiger partial charge is 0.345 e. The summed E-state index contributed by atoms with van der Waals surface area (Å²) in [4.78, 5) is 3.92. The Balaban J connectivity index is 1.87. The van der Waals surface area contributed by atoms with E-state index in [2.05, 4.69) is 66.4 Å². The zero-order valence-corrected chi connectivity index (χ0v) is 12.6. The average molecular weight is 287 g/mol. The number of hydrogen-bond donors (Lipinski definition) is 0. The predicted octanol–water partition coefficient (Wildman–Crippen LogP) is 4.84. The van der Waals surface area contributed by atoms with Gasteiger partial charge >= 0.3 is 0 Å². The molecule has 0 radical (unpaired) electrons. The van der Waals surface area contributed by atoms with E-state index in [-0.39, 0.29) is 0 Å². The summed E-state index contributed by atoms with van der Waals surface area (Å²) < 4.78 is 0.502. The molecule has 2 aromatic rings. The summed E-state index contributed by atoms with van der Waals surface area (Å²) in [7, 11) is 0. The van der Waals surface area contributed by atoms with E-state index >= 15 is 0 Å². The molecule has 0 fully saturated rings. The molecule has 1 unspecified atom stereocenters. The Kier molecular flexibility index (Phi) is 4.04. The minimum absolute atomic E-state index is 0.502. The lowest BCUT2D eigenvalue weighted by Crippen LogP contribution is -2.26. The molecule has 0 N–H and O–H groups in total. The Bertz CT molecular complexity index is 541. The van der Waals surface area contributed by atoms with E-state index < -0.39 is 0 Å². The molecule has 0 aromatic heterocycles. The van der Waals surface area contributed by atoms with Gasteiger partial charge in [0.15, 0.2) is 0 Å². The lowest BCUT2D eigenvalue weighted by molar-refractivity contribution is 0.882. The summed E-state index contributed by atoms with van der Waals surface area (Å²) in [6.07, 6.45) is 0. The fourth-order valence-corrected chi connectivity index (χ4v) is 4.93. The molecular weight excluding hydrogens is 270 g/mol. The van der Waals surface area contributed by atoms with Gasteiger partial charge < -0.3 is 4.90 Å².